The summed E-state index contributed by atoms with van der Waals surface area (Å²) in [5, 5.41) is 14.0. The zero-order chi connectivity index (χ0) is 28.1. The standard InChI is InChI=1S/C28H24F3N7OS/c1-2-33-21-5-3-4-6-22(21)36-26(39)19-8-10-20(11-9-19)35-27-37-23(16-40-27)24-14-34-25-12-7-18(15-38(24)25)13-32-17-28(29,30)31/h2-12,14-16,32-33H,1,13,17H2,(H,35,37)(H,36,39). The van der Waals surface area contributed by atoms with Gasteiger partial charge >= 0.3 is 6.18 Å². The number of carbonyl (C=O) groups excluding carboxylic acids is 1. The largest absolute Gasteiger partial charge is 0.401 e. The van der Waals surface area contributed by atoms with Crippen molar-refractivity contribution in [3.63, 3.8) is 0 Å². The van der Waals surface area contributed by atoms with E-state index in [9.17, 15) is 18.0 Å². The summed E-state index contributed by atoms with van der Waals surface area (Å²) in [7, 11) is 0. The number of aromatic nitrogens is 3. The van der Waals surface area contributed by atoms with Crippen LogP contribution in [-0.4, -0.2) is 33.0 Å². The van der Waals surface area contributed by atoms with Gasteiger partial charge in [-0.15, -0.1) is 11.3 Å². The minimum absolute atomic E-state index is 0.0726. The number of hydrogen-bond donors (Lipinski definition) is 4. The first-order valence-corrected chi connectivity index (χ1v) is 13.0. The van der Waals surface area contributed by atoms with Crippen molar-refractivity contribution in [3.8, 4) is 11.4 Å². The van der Waals surface area contributed by atoms with Gasteiger partial charge in [0.15, 0.2) is 5.13 Å². The average molecular weight is 564 g/mol. The summed E-state index contributed by atoms with van der Waals surface area (Å²) < 4.78 is 39.2. The van der Waals surface area contributed by atoms with Gasteiger partial charge in [0.2, 0.25) is 0 Å². The Hall–Kier alpha value is -4.68. The third-order valence-electron chi connectivity index (χ3n) is 5.82. The van der Waals surface area contributed by atoms with Crippen molar-refractivity contribution in [1.29, 1.82) is 0 Å². The summed E-state index contributed by atoms with van der Waals surface area (Å²) in [6.07, 6.45) is 0.707. The van der Waals surface area contributed by atoms with Crippen LogP contribution in [0.1, 0.15) is 15.9 Å². The molecule has 0 unspecified atom stereocenters. The van der Waals surface area contributed by atoms with Gasteiger partial charge in [-0.05, 0) is 54.2 Å². The van der Waals surface area contributed by atoms with E-state index >= 15 is 0 Å². The lowest BCUT2D eigenvalue weighted by Gasteiger charge is -2.11. The zero-order valence-corrected chi connectivity index (χ0v) is 21.8. The van der Waals surface area contributed by atoms with E-state index in [2.05, 4.69) is 37.8 Å². The highest BCUT2D eigenvalue weighted by Gasteiger charge is 2.26. The van der Waals surface area contributed by atoms with E-state index in [4.69, 9.17) is 0 Å². The topological polar surface area (TPSA) is 95.4 Å². The van der Waals surface area contributed by atoms with Gasteiger partial charge < -0.3 is 21.3 Å². The maximum Gasteiger partial charge on any atom is 0.401 e. The van der Waals surface area contributed by atoms with E-state index in [1.807, 2.05) is 23.6 Å². The molecule has 0 aliphatic rings. The first-order chi connectivity index (χ1) is 19.3. The summed E-state index contributed by atoms with van der Waals surface area (Å²) in [4.78, 5) is 21.8. The predicted molar refractivity (Wildman–Crippen MR) is 152 cm³/mol. The van der Waals surface area contributed by atoms with Crippen LogP contribution >= 0.6 is 11.3 Å². The van der Waals surface area contributed by atoms with E-state index < -0.39 is 12.7 Å². The first kappa shape index (κ1) is 26.9. The molecular formula is C28H24F3N7OS. The summed E-state index contributed by atoms with van der Waals surface area (Å²) in [5.74, 6) is -0.248. The maximum absolute atomic E-state index is 12.8. The second-order valence-electron chi connectivity index (χ2n) is 8.72. The summed E-state index contributed by atoms with van der Waals surface area (Å²) in [5.41, 5.74) is 5.36. The Bertz CT molecular complexity index is 1640. The lowest BCUT2D eigenvalue weighted by atomic mass is 10.2. The Balaban J connectivity index is 1.25. The molecule has 3 heterocycles. The summed E-state index contributed by atoms with van der Waals surface area (Å²) in [6, 6.07) is 17.8. The molecule has 0 atom stereocenters. The predicted octanol–water partition coefficient (Wildman–Crippen LogP) is 6.66. The van der Waals surface area contributed by atoms with Crippen LogP contribution in [0.15, 0.2) is 91.2 Å². The van der Waals surface area contributed by atoms with Crippen molar-refractivity contribution in [2.24, 2.45) is 0 Å². The fourth-order valence-corrected chi connectivity index (χ4v) is 4.69. The third-order valence-corrected chi connectivity index (χ3v) is 6.58. The molecule has 5 rings (SSSR count). The number of carbonyl (C=O) groups is 1. The monoisotopic (exact) mass is 563 g/mol. The molecule has 0 fully saturated rings. The number of amides is 1. The molecule has 0 radical (unpaired) electrons. The summed E-state index contributed by atoms with van der Waals surface area (Å²) >= 11 is 1.40. The van der Waals surface area contributed by atoms with Crippen molar-refractivity contribution in [1.82, 2.24) is 19.7 Å². The van der Waals surface area contributed by atoms with E-state index in [0.29, 0.717) is 33.3 Å². The summed E-state index contributed by atoms with van der Waals surface area (Å²) in [6.45, 7) is 2.67. The van der Waals surface area contributed by atoms with Gasteiger partial charge in [-0.1, -0.05) is 24.8 Å². The van der Waals surface area contributed by atoms with Gasteiger partial charge in [-0.25, -0.2) is 9.97 Å². The van der Waals surface area contributed by atoms with Crippen LogP contribution in [0, 0.1) is 0 Å². The molecule has 40 heavy (non-hydrogen) atoms. The fourth-order valence-electron chi connectivity index (χ4n) is 3.97. The van der Waals surface area contributed by atoms with E-state index in [1.54, 1.807) is 65.5 Å². The van der Waals surface area contributed by atoms with Crippen LogP contribution in [0.3, 0.4) is 0 Å². The highest BCUT2D eigenvalue weighted by Crippen LogP contribution is 2.28. The number of imidazole rings is 1. The number of hydrogen-bond acceptors (Lipinski definition) is 7. The number of benzene rings is 2. The second kappa shape index (κ2) is 11.6. The molecule has 0 aliphatic carbocycles. The van der Waals surface area contributed by atoms with Crippen molar-refractivity contribution in [2.45, 2.75) is 12.7 Å². The Labute approximate surface area is 231 Å². The highest BCUT2D eigenvalue weighted by molar-refractivity contribution is 7.14. The molecule has 2 aromatic carbocycles. The SMILES string of the molecule is C=CNc1ccccc1NC(=O)c1ccc(Nc2nc(-c3cnc4ccc(CNCC(F)(F)F)cn34)cs2)cc1. The number of fused-ring (bicyclic) bond motifs is 1. The van der Waals surface area contributed by atoms with Gasteiger partial charge in [0, 0.05) is 29.4 Å². The molecule has 3 aromatic heterocycles. The van der Waals surface area contributed by atoms with Crippen LogP contribution in [0.2, 0.25) is 0 Å². The molecule has 5 aromatic rings. The number of halogens is 3. The lowest BCUT2D eigenvalue weighted by Crippen LogP contribution is -2.28. The number of nitrogens with one attached hydrogen (secondary N) is 4. The number of pyridine rings is 1. The lowest BCUT2D eigenvalue weighted by molar-refractivity contribution is -0.125. The van der Waals surface area contributed by atoms with Gasteiger partial charge in [-0.2, -0.15) is 13.2 Å². The van der Waals surface area contributed by atoms with Crippen LogP contribution < -0.4 is 21.3 Å². The number of alkyl halides is 3. The zero-order valence-electron chi connectivity index (χ0n) is 21.0. The number of rotatable bonds is 10. The third kappa shape index (κ3) is 6.47. The number of anilines is 4. The molecule has 0 saturated heterocycles. The molecule has 204 valence electrons. The second-order valence-corrected chi connectivity index (χ2v) is 9.57. The van der Waals surface area contributed by atoms with E-state index in [0.717, 1.165) is 17.1 Å². The normalized spacial score (nSPS) is 11.4. The average Bonchev–Trinajstić information content (AvgIpc) is 3.56. The number of thiazole rings is 1. The van der Waals surface area contributed by atoms with Gasteiger partial charge in [0.05, 0.1) is 29.8 Å². The quantitative estimate of drug-likeness (QED) is 0.152. The Morgan fingerprint density at radius 1 is 1.05 bits per heavy atom. The van der Waals surface area contributed by atoms with E-state index in [1.165, 1.54) is 11.3 Å². The van der Waals surface area contributed by atoms with Crippen molar-refractivity contribution in [2.75, 3.05) is 22.5 Å². The Morgan fingerprint density at radius 2 is 1.82 bits per heavy atom. The minimum atomic E-state index is -4.27. The molecule has 0 saturated carbocycles. The minimum Gasteiger partial charge on any atom is -0.361 e. The molecule has 12 heteroatoms. The molecule has 0 bridgehead atoms. The molecule has 8 nitrogen and oxygen atoms in total. The van der Waals surface area contributed by atoms with E-state index in [-0.39, 0.29) is 12.5 Å². The number of para-hydroxylation sites is 2. The molecule has 0 spiro atoms. The van der Waals surface area contributed by atoms with Gasteiger partial charge in [0.1, 0.15) is 11.3 Å². The highest BCUT2D eigenvalue weighted by atomic mass is 32.1. The molecule has 4 N–H and O–H groups in total. The van der Waals surface area contributed by atoms with Crippen LogP contribution in [0.5, 0.6) is 0 Å². The fraction of sp³-hybridized carbons (Fsp3) is 0.107. The van der Waals surface area contributed by atoms with Gasteiger partial charge in [-0.3, -0.25) is 9.20 Å². The van der Waals surface area contributed by atoms with Crippen LogP contribution in [-0.2, 0) is 6.54 Å². The molecular weight excluding hydrogens is 539 g/mol. The number of nitrogens with zero attached hydrogens (tertiary/aromatic N) is 3. The Morgan fingerprint density at radius 3 is 2.58 bits per heavy atom. The first-order valence-electron chi connectivity index (χ1n) is 12.1. The van der Waals surface area contributed by atoms with Crippen molar-refractivity contribution < 1.29 is 18.0 Å². The molecule has 0 aliphatic heterocycles. The van der Waals surface area contributed by atoms with Crippen molar-refractivity contribution in [3.05, 3.63) is 102 Å². The molecule has 1 amide bonds. The van der Waals surface area contributed by atoms with Crippen LogP contribution in [0.4, 0.5) is 35.4 Å². The van der Waals surface area contributed by atoms with Crippen molar-refractivity contribution >= 4 is 45.1 Å². The smallest absolute Gasteiger partial charge is 0.361 e. The van der Waals surface area contributed by atoms with Gasteiger partial charge in [0.25, 0.3) is 5.91 Å². The Kier molecular flexibility index (Phi) is 7.80. The maximum atomic E-state index is 12.8. The van der Waals surface area contributed by atoms with Crippen LogP contribution in [0.25, 0.3) is 17.0 Å².